The third-order valence-electron chi connectivity index (χ3n) is 4.10. The zero-order chi connectivity index (χ0) is 13.8. The van der Waals surface area contributed by atoms with E-state index in [1.807, 2.05) is 0 Å². The molecule has 1 amide bonds. The van der Waals surface area contributed by atoms with Crippen molar-refractivity contribution in [3.8, 4) is 0 Å². The predicted molar refractivity (Wildman–Crippen MR) is 74.3 cm³/mol. The maximum Gasteiger partial charge on any atom is 0.220 e. The predicted octanol–water partition coefficient (Wildman–Crippen LogP) is 2.87. The number of hydrogen-bond donors (Lipinski definition) is 2. The van der Waals surface area contributed by atoms with E-state index < -0.39 is 5.60 Å². The molecule has 2 N–H and O–H groups in total. The molecular weight excluding hydrogens is 226 g/mol. The third-order valence-corrected chi connectivity index (χ3v) is 4.10. The van der Waals surface area contributed by atoms with Crippen molar-refractivity contribution in [2.24, 2.45) is 11.3 Å². The number of rotatable bonds is 5. The molecule has 0 aromatic heterocycles. The molecule has 1 rings (SSSR count). The number of aliphatic hydroxyl groups is 1. The van der Waals surface area contributed by atoms with E-state index in [9.17, 15) is 9.90 Å². The standard InChI is InChI=1S/C15H29NO2/c1-12(2)5-6-13(17)16-11-15(18)9-7-14(3,4)8-10-15/h12,18H,5-11H2,1-4H3,(H,16,17). The van der Waals surface area contributed by atoms with Gasteiger partial charge in [-0.05, 0) is 43.4 Å². The van der Waals surface area contributed by atoms with Crippen LogP contribution in [0.4, 0.5) is 0 Å². The molecule has 0 atom stereocenters. The zero-order valence-corrected chi connectivity index (χ0v) is 12.4. The smallest absolute Gasteiger partial charge is 0.220 e. The van der Waals surface area contributed by atoms with Gasteiger partial charge in [0.2, 0.25) is 5.91 Å². The first-order valence-corrected chi connectivity index (χ1v) is 7.22. The monoisotopic (exact) mass is 255 g/mol. The van der Waals surface area contributed by atoms with Gasteiger partial charge in [-0.2, -0.15) is 0 Å². The first kappa shape index (κ1) is 15.5. The van der Waals surface area contributed by atoms with E-state index >= 15 is 0 Å². The Morgan fingerprint density at radius 1 is 1.22 bits per heavy atom. The Hall–Kier alpha value is -0.570. The van der Waals surface area contributed by atoms with Crippen LogP contribution < -0.4 is 5.32 Å². The van der Waals surface area contributed by atoms with E-state index in [-0.39, 0.29) is 5.91 Å². The second-order valence-corrected chi connectivity index (χ2v) is 7.10. The highest BCUT2D eigenvalue weighted by molar-refractivity contribution is 5.75. The van der Waals surface area contributed by atoms with Crippen molar-refractivity contribution in [2.45, 2.75) is 71.8 Å². The molecule has 1 aliphatic carbocycles. The average Bonchev–Trinajstić information content (AvgIpc) is 2.29. The molecule has 3 heteroatoms. The molecule has 1 saturated carbocycles. The SMILES string of the molecule is CC(C)CCC(=O)NCC1(O)CCC(C)(C)CC1. The fraction of sp³-hybridized carbons (Fsp3) is 0.933. The van der Waals surface area contributed by atoms with Gasteiger partial charge in [-0.3, -0.25) is 4.79 Å². The summed E-state index contributed by atoms with van der Waals surface area (Å²) in [4.78, 5) is 11.6. The van der Waals surface area contributed by atoms with Gasteiger partial charge >= 0.3 is 0 Å². The lowest BCUT2D eigenvalue weighted by molar-refractivity contribution is -0.123. The molecule has 18 heavy (non-hydrogen) atoms. The fourth-order valence-electron chi connectivity index (χ4n) is 2.34. The Morgan fingerprint density at radius 3 is 2.28 bits per heavy atom. The molecule has 106 valence electrons. The summed E-state index contributed by atoms with van der Waals surface area (Å²) in [6, 6.07) is 0. The van der Waals surface area contributed by atoms with Crippen molar-refractivity contribution in [3.63, 3.8) is 0 Å². The van der Waals surface area contributed by atoms with Crippen LogP contribution in [0.3, 0.4) is 0 Å². The summed E-state index contributed by atoms with van der Waals surface area (Å²) in [5.74, 6) is 0.622. The Labute approximate surface area is 111 Å². The maximum absolute atomic E-state index is 11.6. The number of carbonyl (C=O) groups is 1. The molecule has 1 fully saturated rings. The van der Waals surface area contributed by atoms with Crippen molar-refractivity contribution in [2.75, 3.05) is 6.54 Å². The van der Waals surface area contributed by atoms with Gasteiger partial charge in [0.25, 0.3) is 0 Å². The largest absolute Gasteiger partial charge is 0.388 e. The molecule has 0 radical (unpaired) electrons. The van der Waals surface area contributed by atoms with Crippen LogP contribution in [-0.4, -0.2) is 23.2 Å². The van der Waals surface area contributed by atoms with E-state index in [4.69, 9.17) is 0 Å². The second-order valence-electron chi connectivity index (χ2n) is 7.10. The van der Waals surface area contributed by atoms with Crippen molar-refractivity contribution >= 4 is 5.91 Å². The van der Waals surface area contributed by atoms with Gasteiger partial charge < -0.3 is 10.4 Å². The van der Waals surface area contributed by atoms with Gasteiger partial charge in [-0.1, -0.05) is 27.7 Å². The third kappa shape index (κ3) is 5.38. The van der Waals surface area contributed by atoms with Gasteiger partial charge in [-0.25, -0.2) is 0 Å². The second kappa shape index (κ2) is 6.05. The van der Waals surface area contributed by atoms with Crippen molar-refractivity contribution in [3.05, 3.63) is 0 Å². The lowest BCUT2D eigenvalue weighted by Crippen LogP contribution is -2.46. The zero-order valence-electron chi connectivity index (χ0n) is 12.4. The van der Waals surface area contributed by atoms with Gasteiger partial charge in [-0.15, -0.1) is 0 Å². The Morgan fingerprint density at radius 2 is 1.78 bits per heavy atom. The number of nitrogens with one attached hydrogen (secondary N) is 1. The summed E-state index contributed by atoms with van der Waals surface area (Å²) in [6.07, 6.45) is 5.14. The van der Waals surface area contributed by atoms with Gasteiger partial charge in [0, 0.05) is 13.0 Å². The highest BCUT2D eigenvalue weighted by atomic mass is 16.3. The highest BCUT2D eigenvalue weighted by Gasteiger charge is 2.36. The average molecular weight is 255 g/mol. The minimum Gasteiger partial charge on any atom is -0.388 e. The molecule has 0 spiro atoms. The van der Waals surface area contributed by atoms with E-state index in [1.54, 1.807) is 0 Å². The van der Waals surface area contributed by atoms with Crippen molar-refractivity contribution in [1.82, 2.24) is 5.32 Å². The maximum atomic E-state index is 11.6. The van der Waals surface area contributed by atoms with E-state index in [0.717, 1.165) is 32.1 Å². The van der Waals surface area contributed by atoms with E-state index in [0.29, 0.717) is 24.3 Å². The van der Waals surface area contributed by atoms with Crippen LogP contribution in [-0.2, 0) is 4.79 Å². The lowest BCUT2D eigenvalue weighted by atomic mass is 9.71. The Balaban J connectivity index is 2.28. The Kier molecular flexibility index (Phi) is 5.20. The summed E-state index contributed by atoms with van der Waals surface area (Å²) in [7, 11) is 0. The molecule has 0 aliphatic heterocycles. The van der Waals surface area contributed by atoms with Crippen LogP contribution in [0.25, 0.3) is 0 Å². The quantitative estimate of drug-likeness (QED) is 0.793. The fourth-order valence-corrected chi connectivity index (χ4v) is 2.34. The normalized spacial score (nSPS) is 21.9. The summed E-state index contributed by atoms with van der Waals surface area (Å²) in [5.41, 5.74) is -0.336. The molecule has 0 saturated heterocycles. The minimum atomic E-state index is -0.678. The number of amides is 1. The molecule has 0 unspecified atom stereocenters. The molecule has 0 bridgehead atoms. The summed E-state index contributed by atoms with van der Waals surface area (Å²) in [6.45, 7) is 9.13. The van der Waals surface area contributed by atoms with Gasteiger partial charge in [0.15, 0.2) is 0 Å². The van der Waals surface area contributed by atoms with Gasteiger partial charge in [0.1, 0.15) is 0 Å². The first-order chi connectivity index (χ1) is 8.22. The molecule has 0 heterocycles. The minimum absolute atomic E-state index is 0.0713. The van der Waals surface area contributed by atoms with Crippen LogP contribution >= 0.6 is 0 Å². The molecular formula is C15H29NO2. The van der Waals surface area contributed by atoms with E-state index in [1.165, 1.54) is 0 Å². The number of carbonyl (C=O) groups excluding carboxylic acids is 1. The summed E-state index contributed by atoms with van der Waals surface area (Å²) in [5, 5.41) is 13.3. The van der Waals surface area contributed by atoms with Crippen LogP contribution in [0, 0.1) is 11.3 Å². The first-order valence-electron chi connectivity index (χ1n) is 7.22. The lowest BCUT2D eigenvalue weighted by Gasteiger charge is -2.40. The molecule has 0 aromatic rings. The van der Waals surface area contributed by atoms with Crippen LogP contribution in [0.1, 0.15) is 66.2 Å². The molecule has 0 aromatic carbocycles. The summed E-state index contributed by atoms with van der Waals surface area (Å²) < 4.78 is 0. The topological polar surface area (TPSA) is 49.3 Å². The van der Waals surface area contributed by atoms with Crippen LogP contribution in [0.15, 0.2) is 0 Å². The van der Waals surface area contributed by atoms with Gasteiger partial charge in [0.05, 0.1) is 5.60 Å². The van der Waals surface area contributed by atoms with Crippen molar-refractivity contribution < 1.29 is 9.90 Å². The molecule has 1 aliphatic rings. The number of hydrogen-bond acceptors (Lipinski definition) is 2. The van der Waals surface area contributed by atoms with Crippen LogP contribution in [0.5, 0.6) is 0 Å². The molecule has 3 nitrogen and oxygen atoms in total. The highest BCUT2D eigenvalue weighted by Crippen LogP contribution is 2.39. The van der Waals surface area contributed by atoms with Crippen LogP contribution in [0.2, 0.25) is 0 Å². The van der Waals surface area contributed by atoms with Crippen molar-refractivity contribution in [1.29, 1.82) is 0 Å². The Bertz CT molecular complexity index is 274. The summed E-state index contributed by atoms with van der Waals surface area (Å²) >= 11 is 0. The van der Waals surface area contributed by atoms with E-state index in [2.05, 4.69) is 33.0 Å².